The molecule has 1 fully saturated rings. The molecule has 1 unspecified atom stereocenters. The second-order valence-electron chi connectivity index (χ2n) is 7.69. The highest BCUT2D eigenvalue weighted by atomic mass is 16.6. The summed E-state index contributed by atoms with van der Waals surface area (Å²) in [5, 5.41) is 0. The van der Waals surface area contributed by atoms with E-state index in [9.17, 15) is 9.59 Å². The highest BCUT2D eigenvalue weighted by Gasteiger charge is 2.22. The maximum Gasteiger partial charge on any atom is 0.330 e. The van der Waals surface area contributed by atoms with E-state index in [0.717, 1.165) is 12.0 Å². The molecule has 1 aromatic carbocycles. The normalized spacial score (nSPS) is 19.8. The molecule has 0 aromatic heterocycles. The first kappa shape index (κ1) is 23.0. The summed E-state index contributed by atoms with van der Waals surface area (Å²) >= 11 is 0. The average Bonchev–Trinajstić information content (AvgIpc) is 2.76. The first-order chi connectivity index (χ1) is 14.0. The zero-order chi connectivity index (χ0) is 21.1. The minimum Gasteiger partial charge on any atom is -0.490 e. The van der Waals surface area contributed by atoms with Crippen LogP contribution in [-0.2, 0) is 19.1 Å². The van der Waals surface area contributed by atoms with Crippen LogP contribution >= 0.6 is 0 Å². The van der Waals surface area contributed by atoms with Gasteiger partial charge in [-0.3, -0.25) is 4.79 Å². The van der Waals surface area contributed by atoms with Gasteiger partial charge in [0, 0.05) is 12.5 Å². The van der Waals surface area contributed by atoms with Gasteiger partial charge >= 0.3 is 11.9 Å². The summed E-state index contributed by atoms with van der Waals surface area (Å²) in [6.07, 6.45) is 8.47. The van der Waals surface area contributed by atoms with Crippen molar-refractivity contribution in [1.82, 2.24) is 0 Å². The number of hydrogen-bond donors (Lipinski definition) is 0. The van der Waals surface area contributed by atoms with Crippen LogP contribution in [0.2, 0.25) is 0 Å². The molecule has 160 valence electrons. The molecule has 5 heteroatoms. The lowest BCUT2D eigenvalue weighted by molar-refractivity contribution is -0.158. The number of ether oxygens (including phenoxy) is 3. The standard InChI is InChI=1S/C24H34O5/c1-4-7-18-8-10-19(11-9-18)20-12-14-21(15-13-20)27-16-22(29-24(26)6-3)17-28-23(25)5-2/h5,12-15,18-19,22H,2,4,6-11,16-17H2,1,3H3. The molecular formula is C24H34O5. The molecule has 0 spiro atoms. The van der Waals surface area contributed by atoms with E-state index in [1.807, 2.05) is 12.1 Å². The molecule has 1 atom stereocenters. The Morgan fingerprint density at radius 3 is 2.38 bits per heavy atom. The predicted molar refractivity (Wildman–Crippen MR) is 113 cm³/mol. The zero-order valence-corrected chi connectivity index (χ0v) is 17.7. The highest BCUT2D eigenvalue weighted by Crippen LogP contribution is 2.37. The van der Waals surface area contributed by atoms with Gasteiger partial charge in [0.05, 0.1) is 0 Å². The molecule has 0 amide bonds. The molecule has 0 N–H and O–H groups in total. The quantitative estimate of drug-likeness (QED) is 0.376. The molecule has 29 heavy (non-hydrogen) atoms. The maximum atomic E-state index is 11.6. The molecular weight excluding hydrogens is 368 g/mol. The Kier molecular flexibility index (Phi) is 9.75. The number of benzene rings is 1. The molecule has 1 aliphatic rings. The monoisotopic (exact) mass is 402 g/mol. The summed E-state index contributed by atoms with van der Waals surface area (Å²) in [6, 6.07) is 8.18. The van der Waals surface area contributed by atoms with Crippen molar-refractivity contribution in [1.29, 1.82) is 0 Å². The van der Waals surface area contributed by atoms with Crippen LogP contribution in [0.3, 0.4) is 0 Å². The predicted octanol–water partition coefficient (Wildman–Crippen LogP) is 5.19. The Bertz CT molecular complexity index is 644. The van der Waals surface area contributed by atoms with Crippen LogP contribution < -0.4 is 4.74 Å². The van der Waals surface area contributed by atoms with E-state index in [1.165, 1.54) is 44.1 Å². The third-order valence-electron chi connectivity index (χ3n) is 5.50. The fourth-order valence-corrected chi connectivity index (χ4v) is 3.84. The molecule has 1 saturated carbocycles. The van der Waals surface area contributed by atoms with E-state index in [2.05, 4.69) is 25.6 Å². The van der Waals surface area contributed by atoms with E-state index in [1.54, 1.807) is 6.92 Å². The lowest BCUT2D eigenvalue weighted by Gasteiger charge is -2.28. The first-order valence-electron chi connectivity index (χ1n) is 10.8. The van der Waals surface area contributed by atoms with Crippen molar-refractivity contribution in [2.24, 2.45) is 5.92 Å². The molecule has 0 aliphatic heterocycles. The fraction of sp³-hybridized carbons (Fsp3) is 0.583. The molecule has 1 aliphatic carbocycles. The van der Waals surface area contributed by atoms with E-state index in [0.29, 0.717) is 11.7 Å². The van der Waals surface area contributed by atoms with Gasteiger partial charge in [-0.25, -0.2) is 4.79 Å². The third-order valence-corrected chi connectivity index (χ3v) is 5.50. The average molecular weight is 403 g/mol. The van der Waals surface area contributed by atoms with Crippen LogP contribution in [0.5, 0.6) is 5.75 Å². The molecule has 5 nitrogen and oxygen atoms in total. The van der Waals surface area contributed by atoms with E-state index in [-0.39, 0.29) is 25.6 Å². The number of carbonyl (C=O) groups excluding carboxylic acids is 2. The summed E-state index contributed by atoms with van der Waals surface area (Å²) in [5.41, 5.74) is 1.36. The Morgan fingerprint density at radius 1 is 1.10 bits per heavy atom. The molecule has 1 aromatic rings. The van der Waals surface area contributed by atoms with Crippen LogP contribution in [0.25, 0.3) is 0 Å². The Balaban J connectivity index is 1.85. The summed E-state index contributed by atoms with van der Waals surface area (Å²) < 4.78 is 16.1. The number of esters is 2. The van der Waals surface area contributed by atoms with Crippen molar-refractivity contribution in [3.8, 4) is 5.75 Å². The van der Waals surface area contributed by atoms with Gasteiger partial charge in [0.1, 0.15) is 19.0 Å². The maximum absolute atomic E-state index is 11.6. The molecule has 2 rings (SSSR count). The van der Waals surface area contributed by atoms with Gasteiger partial charge in [-0.05, 0) is 55.2 Å². The van der Waals surface area contributed by atoms with E-state index < -0.39 is 12.1 Å². The Labute approximate surface area is 174 Å². The van der Waals surface area contributed by atoms with Crippen molar-refractivity contribution >= 4 is 11.9 Å². The molecule has 0 radical (unpaired) electrons. The summed E-state index contributed by atoms with van der Waals surface area (Å²) in [4.78, 5) is 22.9. The van der Waals surface area contributed by atoms with Crippen LogP contribution in [0.1, 0.15) is 70.3 Å². The zero-order valence-electron chi connectivity index (χ0n) is 17.7. The summed E-state index contributed by atoms with van der Waals surface area (Å²) in [6.45, 7) is 7.40. The van der Waals surface area contributed by atoms with Gasteiger partial charge in [-0.15, -0.1) is 0 Å². The molecule has 0 bridgehead atoms. The van der Waals surface area contributed by atoms with Gasteiger partial charge in [-0.2, -0.15) is 0 Å². The molecule has 0 heterocycles. The minimum absolute atomic E-state index is 0.0598. The highest BCUT2D eigenvalue weighted by molar-refractivity contribution is 5.81. The van der Waals surface area contributed by atoms with Crippen molar-refractivity contribution in [3.05, 3.63) is 42.5 Å². The second kappa shape index (κ2) is 12.3. The van der Waals surface area contributed by atoms with Gasteiger partial charge in [-0.1, -0.05) is 45.4 Å². The van der Waals surface area contributed by atoms with E-state index >= 15 is 0 Å². The first-order valence-corrected chi connectivity index (χ1v) is 10.8. The number of rotatable bonds is 11. The lowest BCUT2D eigenvalue weighted by atomic mass is 9.77. The second-order valence-corrected chi connectivity index (χ2v) is 7.69. The third kappa shape index (κ3) is 7.92. The Hall–Kier alpha value is -2.30. The van der Waals surface area contributed by atoms with Gasteiger partial charge < -0.3 is 14.2 Å². The van der Waals surface area contributed by atoms with Crippen molar-refractivity contribution in [2.75, 3.05) is 13.2 Å². The topological polar surface area (TPSA) is 61.8 Å². The van der Waals surface area contributed by atoms with Gasteiger partial charge in [0.2, 0.25) is 0 Å². The summed E-state index contributed by atoms with van der Waals surface area (Å²) in [7, 11) is 0. The lowest BCUT2D eigenvalue weighted by Crippen LogP contribution is -2.30. The summed E-state index contributed by atoms with van der Waals surface area (Å²) in [5.74, 6) is 1.33. The van der Waals surface area contributed by atoms with Crippen LogP contribution in [-0.4, -0.2) is 31.3 Å². The van der Waals surface area contributed by atoms with Gasteiger partial charge in [0.25, 0.3) is 0 Å². The van der Waals surface area contributed by atoms with Crippen molar-refractivity contribution < 1.29 is 23.8 Å². The van der Waals surface area contributed by atoms with Crippen LogP contribution in [0, 0.1) is 5.92 Å². The fourth-order valence-electron chi connectivity index (χ4n) is 3.84. The number of carbonyl (C=O) groups is 2. The SMILES string of the molecule is C=CC(=O)OCC(COc1ccc(C2CCC(CCC)CC2)cc1)OC(=O)CC. The smallest absolute Gasteiger partial charge is 0.330 e. The largest absolute Gasteiger partial charge is 0.490 e. The molecule has 0 saturated heterocycles. The van der Waals surface area contributed by atoms with Crippen molar-refractivity contribution in [3.63, 3.8) is 0 Å². The van der Waals surface area contributed by atoms with Crippen LogP contribution in [0.15, 0.2) is 36.9 Å². The Morgan fingerprint density at radius 2 is 1.79 bits per heavy atom. The van der Waals surface area contributed by atoms with Crippen LogP contribution in [0.4, 0.5) is 0 Å². The minimum atomic E-state index is -0.653. The van der Waals surface area contributed by atoms with Gasteiger partial charge in [0.15, 0.2) is 6.10 Å². The van der Waals surface area contributed by atoms with E-state index in [4.69, 9.17) is 14.2 Å². The number of hydrogen-bond acceptors (Lipinski definition) is 5. The van der Waals surface area contributed by atoms with Crippen molar-refractivity contribution in [2.45, 2.75) is 70.8 Å².